The summed E-state index contributed by atoms with van der Waals surface area (Å²) in [7, 11) is 0. The summed E-state index contributed by atoms with van der Waals surface area (Å²) in [6.45, 7) is 6.31. The Bertz CT molecular complexity index is 469. The van der Waals surface area contributed by atoms with Crippen LogP contribution in [0.1, 0.15) is 23.7 Å². The predicted molar refractivity (Wildman–Crippen MR) is 62.4 cm³/mol. The van der Waals surface area contributed by atoms with Gasteiger partial charge in [0.05, 0.1) is 11.4 Å². The number of hydrogen-bond donors (Lipinski definition) is 0. The minimum atomic E-state index is 1.05. The molecule has 0 amide bonds. The molecule has 0 radical (unpaired) electrons. The SMILES string of the molecule is CCc1ccc(-n2ccc(C)n2)c(C)c1. The quantitative estimate of drug-likeness (QED) is 0.728. The van der Waals surface area contributed by atoms with E-state index in [-0.39, 0.29) is 0 Å². The summed E-state index contributed by atoms with van der Waals surface area (Å²) >= 11 is 0. The van der Waals surface area contributed by atoms with E-state index >= 15 is 0 Å². The minimum Gasteiger partial charge on any atom is -0.240 e. The molecule has 0 saturated heterocycles. The lowest BCUT2D eigenvalue weighted by atomic mass is 10.1. The summed E-state index contributed by atoms with van der Waals surface area (Å²) < 4.78 is 1.93. The summed E-state index contributed by atoms with van der Waals surface area (Å²) in [4.78, 5) is 0. The summed E-state index contributed by atoms with van der Waals surface area (Å²) in [6, 6.07) is 8.56. The Balaban J connectivity index is 2.45. The van der Waals surface area contributed by atoms with Gasteiger partial charge < -0.3 is 0 Å². The molecule has 0 N–H and O–H groups in total. The van der Waals surface area contributed by atoms with Crippen molar-refractivity contribution in [1.29, 1.82) is 0 Å². The molecule has 1 aromatic heterocycles. The lowest BCUT2D eigenvalue weighted by Gasteiger charge is -2.07. The van der Waals surface area contributed by atoms with E-state index in [4.69, 9.17) is 0 Å². The molecule has 2 nitrogen and oxygen atoms in total. The zero-order chi connectivity index (χ0) is 10.8. The van der Waals surface area contributed by atoms with Gasteiger partial charge in [0.2, 0.25) is 0 Å². The third kappa shape index (κ3) is 1.94. The molecule has 2 heteroatoms. The molecule has 0 spiro atoms. The molecule has 0 unspecified atom stereocenters. The lowest BCUT2D eigenvalue weighted by Crippen LogP contribution is -1.98. The van der Waals surface area contributed by atoms with Gasteiger partial charge in [-0.25, -0.2) is 4.68 Å². The number of aryl methyl sites for hydroxylation is 3. The van der Waals surface area contributed by atoms with Crippen LogP contribution in [-0.2, 0) is 6.42 Å². The highest BCUT2D eigenvalue weighted by Crippen LogP contribution is 2.15. The second kappa shape index (κ2) is 3.89. The summed E-state index contributed by atoms with van der Waals surface area (Å²) in [5.74, 6) is 0. The van der Waals surface area contributed by atoms with Crippen LogP contribution in [0.25, 0.3) is 5.69 Å². The Hall–Kier alpha value is -1.57. The Labute approximate surface area is 90.6 Å². The van der Waals surface area contributed by atoms with Gasteiger partial charge in [0, 0.05) is 6.20 Å². The zero-order valence-electron chi connectivity index (χ0n) is 9.49. The van der Waals surface area contributed by atoms with Crippen LogP contribution in [0.5, 0.6) is 0 Å². The highest BCUT2D eigenvalue weighted by molar-refractivity contribution is 5.42. The van der Waals surface area contributed by atoms with Crippen LogP contribution >= 0.6 is 0 Å². The van der Waals surface area contributed by atoms with E-state index in [2.05, 4.69) is 37.1 Å². The third-order valence-corrected chi connectivity index (χ3v) is 2.64. The molecule has 15 heavy (non-hydrogen) atoms. The van der Waals surface area contributed by atoms with Crippen LogP contribution in [-0.4, -0.2) is 9.78 Å². The van der Waals surface area contributed by atoms with E-state index in [0.29, 0.717) is 0 Å². The van der Waals surface area contributed by atoms with Crippen molar-refractivity contribution in [3.63, 3.8) is 0 Å². The maximum absolute atomic E-state index is 4.41. The van der Waals surface area contributed by atoms with Crippen molar-refractivity contribution in [3.8, 4) is 5.69 Å². The predicted octanol–water partition coefficient (Wildman–Crippen LogP) is 3.05. The molecule has 2 rings (SSSR count). The molecule has 0 aliphatic carbocycles. The summed E-state index contributed by atoms with van der Waals surface area (Å²) in [6.07, 6.45) is 3.09. The van der Waals surface area contributed by atoms with Gasteiger partial charge in [-0.3, -0.25) is 0 Å². The molecule has 2 aromatic rings. The van der Waals surface area contributed by atoms with Gasteiger partial charge in [0.25, 0.3) is 0 Å². The van der Waals surface area contributed by atoms with Gasteiger partial charge in [-0.15, -0.1) is 0 Å². The Morgan fingerprint density at radius 2 is 2.00 bits per heavy atom. The fraction of sp³-hybridized carbons (Fsp3) is 0.308. The van der Waals surface area contributed by atoms with Crippen LogP contribution in [0.3, 0.4) is 0 Å². The minimum absolute atomic E-state index is 1.05. The normalized spacial score (nSPS) is 10.6. The van der Waals surface area contributed by atoms with Crippen molar-refractivity contribution in [1.82, 2.24) is 9.78 Å². The van der Waals surface area contributed by atoms with Gasteiger partial charge in [0.1, 0.15) is 0 Å². The maximum Gasteiger partial charge on any atom is 0.0674 e. The van der Waals surface area contributed by atoms with Gasteiger partial charge in [-0.05, 0) is 43.5 Å². The van der Waals surface area contributed by atoms with E-state index in [1.54, 1.807) is 0 Å². The zero-order valence-corrected chi connectivity index (χ0v) is 9.49. The number of aromatic nitrogens is 2. The largest absolute Gasteiger partial charge is 0.240 e. The molecule has 78 valence electrons. The number of hydrogen-bond acceptors (Lipinski definition) is 1. The number of rotatable bonds is 2. The van der Waals surface area contributed by atoms with Crippen molar-refractivity contribution in [3.05, 3.63) is 47.3 Å². The first kappa shape index (κ1) is 9.97. The van der Waals surface area contributed by atoms with Crippen LogP contribution in [0, 0.1) is 13.8 Å². The van der Waals surface area contributed by atoms with Crippen LogP contribution in [0.4, 0.5) is 0 Å². The lowest BCUT2D eigenvalue weighted by molar-refractivity contribution is 0.854. The highest BCUT2D eigenvalue weighted by Gasteiger charge is 2.02. The molecule has 0 saturated carbocycles. The topological polar surface area (TPSA) is 17.8 Å². The van der Waals surface area contributed by atoms with E-state index in [0.717, 1.165) is 12.1 Å². The number of benzene rings is 1. The first-order valence-corrected chi connectivity index (χ1v) is 5.33. The van der Waals surface area contributed by atoms with Crippen molar-refractivity contribution in [2.24, 2.45) is 0 Å². The standard InChI is InChI=1S/C13H16N2/c1-4-12-5-6-13(10(2)9-12)15-8-7-11(3)14-15/h5-9H,4H2,1-3H3. The third-order valence-electron chi connectivity index (χ3n) is 2.64. The van der Waals surface area contributed by atoms with E-state index in [1.807, 2.05) is 23.9 Å². The molecule has 0 atom stereocenters. The molecule has 0 aliphatic rings. The summed E-state index contributed by atoms with van der Waals surface area (Å²) in [5, 5.41) is 4.41. The average Bonchev–Trinajstić information content (AvgIpc) is 2.64. The number of nitrogens with zero attached hydrogens (tertiary/aromatic N) is 2. The Morgan fingerprint density at radius 1 is 1.20 bits per heavy atom. The smallest absolute Gasteiger partial charge is 0.0674 e. The molecular weight excluding hydrogens is 184 g/mol. The van der Waals surface area contributed by atoms with Crippen LogP contribution in [0.2, 0.25) is 0 Å². The Morgan fingerprint density at radius 3 is 2.53 bits per heavy atom. The highest BCUT2D eigenvalue weighted by atomic mass is 15.3. The first-order valence-electron chi connectivity index (χ1n) is 5.33. The van der Waals surface area contributed by atoms with Crippen LogP contribution < -0.4 is 0 Å². The maximum atomic E-state index is 4.41. The fourth-order valence-corrected chi connectivity index (χ4v) is 1.74. The fourth-order valence-electron chi connectivity index (χ4n) is 1.74. The molecule has 0 bridgehead atoms. The van der Waals surface area contributed by atoms with Gasteiger partial charge in [0.15, 0.2) is 0 Å². The van der Waals surface area contributed by atoms with Gasteiger partial charge in [-0.1, -0.05) is 19.1 Å². The van der Waals surface area contributed by atoms with Crippen LogP contribution in [0.15, 0.2) is 30.5 Å². The van der Waals surface area contributed by atoms with Crippen molar-refractivity contribution in [2.75, 3.05) is 0 Å². The van der Waals surface area contributed by atoms with Crippen molar-refractivity contribution >= 4 is 0 Å². The van der Waals surface area contributed by atoms with E-state index in [1.165, 1.54) is 16.8 Å². The van der Waals surface area contributed by atoms with Crippen molar-refractivity contribution < 1.29 is 0 Å². The first-order chi connectivity index (χ1) is 7.20. The molecule has 0 fully saturated rings. The molecular formula is C13H16N2. The second-order valence-corrected chi connectivity index (χ2v) is 3.88. The molecule has 0 aliphatic heterocycles. The summed E-state index contributed by atoms with van der Waals surface area (Å²) in [5.41, 5.74) is 4.87. The molecule has 1 aromatic carbocycles. The van der Waals surface area contributed by atoms with Gasteiger partial charge >= 0.3 is 0 Å². The monoisotopic (exact) mass is 200 g/mol. The Kier molecular flexibility index (Phi) is 2.58. The average molecular weight is 200 g/mol. The second-order valence-electron chi connectivity index (χ2n) is 3.88. The molecule has 1 heterocycles. The van der Waals surface area contributed by atoms with E-state index < -0.39 is 0 Å². The van der Waals surface area contributed by atoms with Crippen molar-refractivity contribution in [2.45, 2.75) is 27.2 Å². The van der Waals surface area contributed by atoms with E-state index in [9.17, 15) is 0 Å². The van der Waals surface area contributed by atoms with Gasteiger partial charge in [-0.2, -0.15) is 5.10 Å².